The van der Waals surface area contributed by atoms with E-state index in [0.717, 1.165) is 12.0 Å². The van der Waals surface area contributed by atoms with Crippen molar-refractivity contribution in [2.24, 2.45) is 0 Å². The van der Waals surface area contributed by atoms with Crippen molar-refractivity contribution < 1.29 is 19.0 Å². The van der Waals surface area contributed by atoms with Crippen LogP contribution in [0.15, 0.2) is 24.3 Å². The van der Waals surface area contributed by atoms with Crippen LogP contribution in [0.4, 0.5) is 0 Å². The summed E-state index contributed by atoms with van der Waals surface area (Å²) < 4.78 is 15.3. The second-order valence-electron chi connectivity index (χ2n) is 3.62. The predicted octanol–water partition coefficient (Wildman–Crippen LogP) is 2.67. The van der Waals surface area contributed by atoms with Gasteiger partial charge in [-0.25, -0.2) is 4.79 Å². The van der Waals surface area contributed by atoms with Gasteiger partial charge < -0.3 is 14.2 Å². The van der Waals surface area contributed by atoms with Crippen molar-refractivity contribution in [3.05, 3.63) is 29.8 Å². The quantitative estimate of drug-likeness (QED) is 0.575. The SMILES string of the molecule is CCCOc1cc(/C=C/C(=O)OC)ccc1OC. The molecule has 0 aliphatic heterocycles. The Labute approximate surface area is 107 Å². The Morgan fingerprint density at radius 1 is 1.28 bits per heavy atom. The van der Waals surface area contributed by atoms with Crippen molar-refractivity contribution in [3.8, 4) is 11.5 Å². The molecule has 0 saturated heterocycles. The molecule has 0 N–H and O–H groups in total. The maximum atomic E-state index is 11.0. The monoisotopic (exact) mass is 250 g/mol. The highest BCUT2D eigenvalue weighted by Crippen LogP contribution is 2.28. The topological polar surface area (TPSA) is 44.8 Å². The molecule has 4 heteroatoms. The molecule has 0 amide bonds. The van der Waals surface area contributed by atoms with E-state index in [2.05, 4.69) is 4.74 Å². The molecule has 4 nitrogen and oxygen atoms in total. The van der Waals surface area contributed by atoms with Gasteiger partial charge >= 0.3 is 5.97 Å². The highest BCUT2D eigenvalue weighted by atomic mass is 16.5. The molecule has 0 atom stereocenters. The molecule has 98 valence electrons. The van der Waals surface area contributed by atoms with Gasteiger partial charge in [0.1, 0.15) is 0 Å². The maximum Gasteiger partial charge on any atom is 0.330 e. The molecule has 0 aliphatic rings. The molecule has 18 heavy (non-hydrogen) atoms. The van der Waals surface area contributed by atoms with Crippen LogP contribution in [0.2, 0.25) is 0 Å². The molecule has 0 aromatic heterocycles. The van der Waals surface area contributed by atoms with Crippen molar-refractivity contribution >= 4 is 12.0 Å². The van der Waals surface area contributed by atoms with Crippen LogP contribution in [0.5, 0.6) is 11.5 Å². The standard InChI is InChI=1S/C14H18O4/c1-4-9-18-13-10-11(5-7-12(13)16-2)6-8-14(15)17-3/h5-8,10H,4,9H2,1-3H3/b8-6+. The summed E-state index contributed by atoms with van der Waals surface area (Å²) in [6.07, 6.45) is 3.96. The number of ether oxygens (including phenoxy) is 3. The summed E-state index contributed by atoms with van der Waals surface area (Å²) in [5, 5.41) is 0. The predicted molar refractivity (Wildman–Crippen MR) is 69.8 cm³/mol. The van der Waals surface area contributed by atoms with Crippen molar-refractivity contribution in [1.29, 1.82) is 0 Å². The summed E-state index contributed by atoms with van der Waals surface area (Å²) in [6, 6.07) is 5.48. The number of esters is 1. The molecule has 1 aromatic carbocycles. The van der Waals surface area contributed by atoms with E-state index in [1.165, 1.54) is 13.2 Å². The highest BCUT2D eigenvalue weighted by molar-refractivity contribution is 5.87. The van der Waals surface area contributed by atoms with Crippen LogP contribution in [-0.4, -0.2) is 26.8 Å². The van der Waals surface area contributed by atoms with E-state index in [-0.39, 0.29) is 5.97 Å². The Morgan fingerprint density at radius 3 is 2.67 bits per heavy atom. The van der Waals surface area contributed by atoms with Crippen LogP contribution in [0.3, 0.4) is 0 Å². The second kappa shape index (κ2) is 7.37. The van der Waals surface area contributed by atoms with E-state index in [9.17, 15) is 4.79 Å². The lowest BCUT2D eigenvalue weighted by Crippen LogP contribution is -1.98. The lowest BCUT2D eigenvalue weighted by molar-refractivity contribution is -0.134. The first-order valence-electron chi connectivity index (χ1n) is 5.78. The lowest BCUT2D eigenvalue weighted by Gasteiger charge is -2.10. The number of carbonyl (C=O) groups is 1. The zero-order valence-electron chi connectivity index (χ0n) is 10.9. The largest absolute Gasteiger partial charge is 0.493 e. The van der Waals surface area contributed by atoms with E-state index in [1.807, 2.05) is 25.1 Å². The molecule has 0 bridgehead atoms. The van der Waals surface area contributed by atoms with E-state index < -0.39 is 0 Å². The maximum absolute atomic E-state index is 11.0. The molecule has 1 rings (SSSR count). The van der Waals surface area contributed by atoms with Gasteiger partial charge in [0.25, 0.3) is 0 Å². The lowest BCUT2D eigenvalue weighted by atomic mass is 10.2. The van der Waals surface area contributed by atoms with Gasteiger partial charge in [0, 0.05) is 6.08 Å². The van der Waals surface area contributed by atoms with Gasteiger partial charge in [-0.05, 0) is 30.2 Å². The number of hydrogen-bond donors (Lipinski definition) is 0. The van der Waals surface area contributed by atoms with E-state index in [1.54, 1.807) is 13.2 Å². The fourth-order valence-corrected chi connectivity index (χ4v) is 1.35. The third-order valence-corrected chi connectivity index (χ3v) is 2.26. The van der Waals surface area contributed by atoms with Crippen molar-refractivity contribution in [1.82, 2.24) is 0 Å². The summed E-state index contributed by atoms with van der Waals surface area (Å²) >= 11 is 0. The van der Waals surface area contributed by atoms with Gasteiger partial charge in [0.05, 0.1) is 20.8 Å². The molecule has 0 aliphatic carbocycles. The molecule has 0 unspecified atom stereocenters. The van der Waals surface area contributed by atoms with Crippen molar-refractivity contribution in [2.45, 2.75) is 13.3 Å². The molecule has 0 saturated carbocycles. The van der Waals surface area contributed by atoms with Crippen LogP contribution in [0.25, 0.3) is 6.08 Å². The van der Waals surface area contributed by atoms with E-state index >= 15 is 0 Å². The molecule has 0 radical (unpaired) electrons. The summed E-state index contributed by atoms with van der Waals surface area (Å²) in [4.78, 5) is 11.0. The summed E-state index contributed by atoms with van der Waals surface area (Å²) in [7, 11) is 2.94. The number of methoxy groups -OCH3 is 2. The van der Waals surface area contributed by atoms with Crippen LogP contribution in [0, 0.1) is 0 Å². The third kappa shape index (κ3) is 4.13. The molecule has 0 fully saturated rings. The van der Waals surface area contributed by atoms with Crippen LogP contribution in [-0.2, 0) is 9.53 Å². The molecule has 0 spiro atoms. The van der Waals surface area contributed by atoms with Crippen molar-refractivity contribution in [3.63, 3.8) is 0 Å². The smallest absolute Gasteiger partial charge is 0.330 e. The van der Waals surface area contributed by atoms with Crippen LogP contribution < -0.4 is 9.47 Å². The first-order chi connectivity index (χ1) is 8.71. The number of benzene rings is 1. The summed E-state index contributed by atoms with van der Waals surface area (Å²) in [5.41, 5.74) is 0.854. The fourth-order valence-electron chi connectivity index (χ4n) is 1.35. The Kier molecular flexibility index (Phi) is 5.77. The van der Waals surface area contributed by atoms with E-state index in [0.29, 0.717) is 18.1 Å². The van der Waals surface area contributed by atoms with Crippen LogP contribution >= 0.6 is 0 Å². The van der Waals surface area contributed by atoms with Crippen LogP contribution in [0.1, 0.15) is 18.9 Å². The molecular formula is C14H18O4. The zero-order valence-corrected chi connectivity index (χ0v) is 10.9. The minimum Gasteiger partial charge on any atom is -0.493 e. The Morgan fingerprint density at radius 2 is 2.06 bits per heavy atom. The molecular weight excluding hydrogens is 232 g/mol. The Bertz CT molecular complexity index is 424. The van der Waals surface area contributed by atoms with Gasteiger partial charge in [0.2, 0.25) is 0 Å². The first kappa shape index (κ1) is 14.1. The van der Waals surface area contributed by atoms with Gasteiger partial charge in [-0.2, -0.15) is 0 Å². The zero-order chi connectivity index (χ0) is 13.4. The molecule has 0 heterocycles. The third-order valence-electron chi connectivity index (χ3n) is 2.26. The average molecular weight is 250 g/mol. The van der Waals surface area contributed by atoms with E-state index in [4.69, 9.17) is 9.47 Å². The second-order valence-corrected chi connectivity index (χ2v) is 3.62. The minimum atomic E-state index is -0.387. The normalized spacial score (nSPS) is 10.4. The van der Waals surface area contributed by atoms with Gasteiger partial charge in [-0.3, -0.25) is 0 Å². The highest BCUT2D eigenvalue weighted by Gasteiger charge is 2.04. The summed E-state index contributed by atoms with van der Waals surface area (Å²) in [6.45, 7) is 2.66. The van der Waals surface area contributed by atoms with Crippen molar-refractivity contribution in [2.75, 3.05) is 20.8 Å². The molecule has 1 aromatic rings. The fraction of sp³-hybridized carbons (Fsp3) is 0.357. The Balaban J connectivity index is 2.88. The number of carbonyl (C=O) groups excluding carboxylic acids is 1. The van der Waals surface area contributed by atoms with Gasteiger partial charge in [-0.1, -0.05) is 13.0 Å². The average Bonchev–Trinajstić information content (AvgIpc) is 2.42. The summed E-state index contributed by atoms with van der Waals surface area (Å²) in [5.74, 6) is 0.965. The minimum absolute atomic E-state index is 0.387. The first-order valence-corrected chi connectivity index (χ1v) is 5.78. The number of rotatable bonds is 6. The van der Waals surface area contributed by atoms with Gasteiger partial charge in [-0.15, -0.1) is 0 Å². The Hall–Kier alpha value is -1.97. The number of hydrogen-bond acceptors (Lipinski definition) is 4. The van der Waals surface area contributed by atoms with Gasteiger partial charge in [0.15, 0.2) is 11.5 Å².